The van der Waals surface area contributed by atoms with Crippen molar-refractivity contribution in [2.24, 2.45) is 5.92 Å². The van der Waals surface area contributed by atoms with E-state index < -0.39 is 0 Å². The Morgan fingerprint density at radius 2 is 2.11 bits per heavy atom. The number of likely N-dealkylation sites (tertiary alicyclic amines) is 1. The van der Waals surface area contributed by atoms with Gasteiger partial charge >= 0.3 is 0 Å². The first kappa shape index (κ1) is 13.9. The van der Waals surface area contributed by atoms with Crippen molar-refractivity contribution in [3.8, 4) is 0 Å². The molecule has 2 fully saturated rings. The van der Waals surface area contributed by atoms with E-state index in [2.05, 4.69) is 4.90 Å². The molecule has 0 radical (unpaired) electrons. The molecule has 19 heavy (non-hydrogen) atoms. The molecule has 2 aliphatic rings. The molecule has 1 aliphatic heterocycles. The highest BCUT2D eigenvalue weighted by Crippen LogP contribution is 2.37. The van der Waals surface area contributed by atoms with Crippen LogP contribution in [0.3, 0.4) is 0 Å². The first-order valence-electron chi connectivity index (χ1n) is 6.87. The maximum Gasteiger partial charge on any atom is 0.179 e. The SMILES string of the molecule is O=C(CN1CCC2CCCCC21)c1cc(Cl)sc1Cl. The Morgan fingerprint density at radius 3 is 2.84 bits per heavy atom. The summed E-state index contributed by atoms with van der Waals surface area (Å²) in [5.74, 6) is 0.919. The van der Waals surface area contributed by atoms with Crippen molar-refractivity contribution >= 4 is 40.3 Å². The highest BCUT2D eigenvalue weighted by atomic mass is 35.5. The molecule has 1 aromatic rings. The van der Waals surface area contributed by atoms with Gasteiger partial charge in [-0.1, -0.05) is 36.0 Å². The van der Waals surface area contributed by atoms with Gasteiger partial charge in [-0.2, -0.15) is 0 Å². The van der Waals surface area contributed by atoms with Crippen LogP contribution in [-0.2, 0) is 0 Å². The number of carbonyl (C=O) groups is 1. The van der Waals surface area contributed by atoms with Gasteiger partial charge in [-0.25, -0.2) is 0 Å². The summed E-state index contributed by atoms with van der Waals surface area (Å²) in [6, 6.07) is 2.32. The average molecular weight is 318 g/mol. The quantitative estimate of drug-likeness (QED) is 0.765. The van der Waals surface area contributed by atoms with Gasteiger partial charge in [0.05, 0.1) is 16.4 Å². The minimum Gasteiger partial charge on any atom is -0.293 e. The Hall–Kier alpha value is -0.0900. The fourth-order valence-electron chi connectivity index (χ4n) is 3.50. The molecule has 2 heterocycles. The molecule has 0 aromatic carbocycles. The second-order valence-electron chi connectivity index (χ2n) is 5.53. The third-order valence-corrected chi connectivity index (χ3v) is 5.92. The van der Waals surface area contributed by atoms with Gasteiger partial charge in [-0.05, 0) is 37.8 Å². The third-order valence-electron chi connectivity index (χ3n) is 4.43. The van der Waals surface area contributed by atoms with Crippen molar-refractivity contribution in [2.45, 2.75) is 38.1 Å². The summed E-state index contributed by atoms with van der Waals surface area (Å²) in [6.45, 7) is 1.55. The van der Waals surface area contributed by atoms with Gasteiger partial charge in [0.25, 0.3) is 0 Å². The Bertz CT molecular complexity index is 488. The van der Waals surface area contributed by atoms with Gasteiger partial charge in [0.2, 0.25) is 0 Å². The monoisotopic (exact) mass is 317 g/mol. The Balaban J connectivity index is 1.68. The summed E-state index contributed by atoms with van der Waals surface area (Å²) in [5, 5.41) is 0. The number of thiophene rings is 1. The van der Waals surface area contributed by atoms with E-state index in [1.165, 1.54) is 43.4 Å². The summed E-state index contributed by atoms with van der Waals surface area (Å²) in [7, 11) is 0. The number of rotatable bonds is 3. The van der Waals surface area contributed by atoms with Gasteiger partial charge in [-0.15, -0.1) is 11.3 Å². The first-order valence-corrected chi connectivity index (χ1v) is 8.44. The van der Waals surface area contributed by atoms with Crippen LogP contribution in [-0.4, -0.2) is 29.8 Å². The van der Waals surface area contributed by atoms with E-state index in [1.807, 2.05) is 0 Å². The van der Waals surface area contributed by atoms with Crippen molar-refractivity contribution in [1.29, 1.82) is 0 Å². The second-order valence-corrected chi connectivity index (χ2v) is 7.82. The first-order chi connectivity index (χ1) is 9.15. The van der Waals surface area contributed by atoms with Gasteiger partial charge in [0.15, 0.2) is 5.78 Å². The molecule has 0 amide bonds. The number of fused-ring (bicyclic) bond motifs is 1. The van der Waals surface area contributed by atoms with Crippen molar-refractivity contribution in [1.82, 2.24) is 4.90 Å². The molecule has 2 unspecified atom stereocenters. The number of halogens is 2. The number of carbonyl (C=O) groups excluding carboxylic acids is 1. The normalized spacial score (nSPS) is 27.5. The predicted octanol–water partition coefficient (Wildman–Crippen LogP) is 4.50. The number of hydrogen-bond donors (Lipinski definition) is 0. The topological polar surface area (TPSA) is 20.3 Å². The van der Waals surface area contributed by atoms with Crippen LogP contribution in [0, 0.1) is 5.92 Å². The van der Waals surface area contributed by atoms with Gasteiger partial charge < -0.3 is 0 Å². The van der Waals surface area contributed by atoms with E-state index >= 15 is 0 Å². The number of ketones is 1. The van der Waals surface area contributed by atoms with Gasteiger partial charge in [-0.3, -0.25) is 9.69 Å². The number of Topliss-reactive ketones (excluding diaryl/α,β-unsaturated/α-hetero) is 1. The summed E-state index contributed by atoms with van der Waals surface area (Å²) in [5.41, 5.74) is 0.593. The van der Waals surface area contributed by atoms with Gasteiger partial charge in [0, 0.05) is 6.04 Å². The lowest BCUT2D eigenvalue weighted by Gasteiger charge is -2.31. The summed E-state index contributed by atoms with van der Waals surface area (Å²) < 4.78 is 1.11. The number of nitrogens with zero attached hydrogens (tertiary/aromatic N) is 1. The van der Waals surface area contributed by atoms with E-state index in [0.717, 1.165) is 12.5 Å². The summed E-state index contributed by atoms with van der Waals surface area (Å²) in [6.07, 6.45) is 6.48. The molecule has 104 valence electrons. The fourth-order valence-corrected chi connectivity index (χ4v) is 5.00. The fraction of sp³-hybridized carbons (Fsp3) is 0.643. The minimum atomic E-state index is 0.111. The Morgan fingerprint density at radius 1 is 1.32 bits per heavy atom. The van der Waals surface area contributed by atoms with Crippen molar-refractivity contribution in [3.05, 3.63) is 20.3 Å². The molecule has 3 rings (SSSR count). The van der Waals surface area contributed by atoms with Crippen molar-refractivity contribution < 1.29 is 4.79 Å². The van der Waals surface area contributed by atoms with E-state index in [1.54, 1.807) is 6.07 Å². The van der Waals surface area contributed by atoms with Crippen molar-refractivity contribution in [3.63, 3.8) is 0 Å². The molecule has 1 saturated carbocycles. The van der Waals surface area contributed by atoms with E-state index in [4.69, 9.17) is 23.2 Å². The van der Waals surface area contributed by atoms with Gasteiger partial charge in [0.1, 0.15) is 4.34 Å². The molecular weight excluding hydrogens is 301 g/mol. The zero-order chi connectivity index (χ0) is 13.4. The summed E-state index contributed by atoms with van der Waals surface area (Å²) >= 11 is 13.2. The standard InChI is InChI=1S/C14H17Cl2NOS/c15-13-7-10(14(16)19-13)12(18)8-17-6-5-9-3-1-2-4-11(9)17/h7,9,11H,1-6,8H2. The largest absolute Gasteiger partial charge is 0.293 e. The Kier molecular flexibility index (Phi) is 4.18. The third kappa shape index (κ3) is 2.85. The van der Waals surface area contributed by atoms with Crippen LogP contribution >= 0.6 is 34.5 Å². The molecule has 1 aromatic heterocycles. The van der Waals surface area contributed by atoms with Crippen LogP contribution in [0.25, 0.3) is 0 Å². The van der Waals surface area contributed by atoms with Crippen LogP contribution in [0.15, 0.2) is 6.07 Å². The van der Waals surface area contributed by atoms with Crippen LogP contribution < -0.4 is 0 Å². The van der Waals surface area contributed by atoms with Crippen LogP contribution in [0.2, 0.25) is 8.67 Å². The van der Waals surface area contributed by atoms with E-state index in [0.29, 0.717) is 26.8 Å². The Labute approximate surface area is 127 Å². The highest BCUT2D eigenvalue weighted by Gasteiger charge is 2.36. The zero-order valence-corrected chi connectivity index (χ0v) is 13.0. The molecule has 0 bridgehead atoms. The number of hydrogen-bond acceptors (Lipinski definition) is 3. The van der Waals surface area contributed by atoms with Crippen molar-refractivity contribution in [2.75, 3.05) is 13.1 Å². The molecule has 2 atom stereocenters. The summed E-state index contributed by atoms with van der Waals surface area (Å²) in [4.78, 5) is 14.7. The second kappa shape index (κ2) is 5.72. The molecule has 0 spiro atoms. The van der Waals surface area contributed by atoms with E-state index in [9.17, 15) is 4.79 Å². The smallest absolute Gasteiger partial charge is 0.179 e. The maximum atomic E-state index is 12.3. The molecule has 1 aliphatic carbocycles. The lowest BCUT2D eigenvalue weighted by Crippen LogP contribution is -2.38. The lowest BCUT2D eigenvalue weighted by molar-refractivity contribution is 0.0896. The van der Waals surface area contributed by atoms with E-state index in [-0.39, 0.29) is 5.78 Å². The maximum absolute atomic E-state index is 12.3. The van der Waals surface area contributed by atoms with Crippen LogP contribution in [0.4, 0.5) is 0 Å². The predicted molar refractivity (Wildman–Crippen MR) is 80.6 cm³/mol. The van der Waals surface area contributed by atoms with Crippen LogP contribution in [0.1, 0.15) is 42.5 Å². The molecular formula is C14H17Cl2NOS. The van der Waals surface area contributed by atoms with Crippen LogP contribution in [0.5, 0.6) is 0 Å². The molecule has 1 saturated heterocycles. The zero-order valence-electron chi connectivity index (χ0n) is 10.7. The molecule has 5 heteroatoms. The lowest BCUT2D eigenvalue weighted by atomic mass is 9.85. The highest BCUT2D eigenvalue weighted by molar-refractivity contribution is 7.20. The minimum absolute atomic E-state index is 0.111. The average Bonchev–Trinajstić information content (AvgIpc) is 2.94. The molecule has 0 N–H and O–H groups in total. The molecule has 2 nitrogen and oxygen atoms in total.